The summed E-state index contributed by atoms with van der Waals surface area (Å²) < 4.78 is 34.9. The van der Waals surface area contributed by atoms with E-state index in [-0.39, 0.29) is 6.04 Å². The van der Waals surface area contributed by atoms with Gasteiger partial charge in [-0.1, -0.05) is 24.3 Å². The van der Waals surface area contributed by atoms with E-state index in [4.69, 9.17) is 4.74 Å². The van der Waals surface area contributed by atoms with Crippen LogP contribution in [0, 0.1) is 0 Å². The highest BCUT2D eigenvalue weighted by atomic mass is 32.2. The number of sulfonamides is 1. The van der Waals surface area contributed by atoms with E-state index >= 15 is 0 Å². The van der Waals surface area contributed by atoms with E-state index in [9.17, 15) is 8.42 Å². The standard InChI is InChI=1S/C22H23NO3S3/c1-26-18-9-4-2-8-17(18)21-22-16(15-7-3-5-10-19(15)28-22)12-13-23(21)29(24,25)20-11-6-14-27-20/h2,4,6,8-9,11,14,21H,3,5,7,10,12-13H2,1H3/t21-/m0/s1. The van der Waals surface area contributed by atoms with Gasteiger partial charge in [0, 0.05) is 21.9 Å². The maximum absolute atomic E-state index is 13.6. The zero-order chi connectivity index (χ0) is 20.0. The van der Waals surface area contributed by atoms with E-state index in [1.807, 2.05) is 41.0 Å². The Morgan fingerprint density at radius 1 is 1.03 bits per heavy atom. The van der Waals surface area contributed by atoms with Gasteiger partial charge in [0.15, 0.2) is 0 Å². The third kappa shape index (κ3) is 3.15. The van der Waals surface area contributed by atoms with Crippen molar-refractivity contribution in [2.75, 3.05) is 13.7 Å². The fourth-order valence-corrected chi connectivity index (χ4v) is 8.94. The Labute approximate surface area is 179 Å². The van der Waals surface area contributed by atoms with Gasteiger partial charge in [-0.25, -0.2) is 8.42 Å². The maximum atomic E-state index is 13.6. The first-order valence-electron chi connectivity index (χ1n) is 9.93. The van der Waals surface area contributed by atoms with Gasteiger partial charge in [0.1, 0.15) is 9.96 Å². The smallest absolute Gasteiger partial charge is 0.253 e. The van der Waals surface area contributed by atoms with Crippen LogP contribution < -0.4 is 4.74 Å². The van der Waals surface area contributed by atoms with Gasteiger partial charge in [0.25, 0.3) is 10.0 Å². The van der Waals surface area contributed by atoms with Crippen LogP contribution in [-0.4, -0.2) is 26.4 Å². The predicted octanol–water partition coefficient (Wildman–Crippen LogP) is 5.03. The number of rotatable bonds is 4. The number of aryl methyl sites for hydroxylation is 1. The lowest BCUT2D eigenvalue weighted by Crippen LogP contribution is -2.40. The highest BCUT2D eigenvalue weighted by Gasteiger charge is 2.41. The number of benzene rings is 1. The van der Waals surface area contributed by atoms with Crippen LogP contribution in [-0.2, 0) is 29.3 Å². The van der Waals surface area contributed by atoms with E-state index in [0.717, 1.165) is 30.6 Å². The Hall–Kier alpha value is -1.67. The van der Waals surface area contributed by atoms with Gasteiger partial charge >= 0.3 is 0 Å². The highest BCUT2D eigenvalue weighted by Crippen LogP contribution is 2.48. The van der Waals surface area contributed by atoms with Crippen molar-refractivity contribution >= 4 is 32.7 Å². The van der Waals surface area contributed by atoms with Gasteiger partial charge in [-0.2, -0.15) is 4.31 Å². The minimum absolute atomic E-state index is 0.336. The van der Waals surface area contributed by atoms with Crippen molar-refractivity contribution in [3.63, 3.8) is 0 Å². The molecular weight excluding hydrogens is 422 g/mol. The van der Waals surface area contributed by atoms with Crippen LogP contribution in [0.4, 0.5) is 0 Å². The first-order valence-corrected chi connectivity index (χ1v) is 13.1. The summed E-state index contributed by atoms with van der Waals surface area (Å²) in [6, 6.07) is 11.0. The Morgan fingerprint density at radius 2 is 1.86 bits per heavy atom. The summed E-state index contributed by atoms with van der Waals surface area (Å²) in [6.45, 7) is 0.499. The van der Waals surface area contributed by atoms with Crippen molar-refractivity contribution in [2.24, 2.45) is 0 Å². The molecule has 4 nitrogen and oxygen atoms in total. The third-order valence-electron chi connectivity index (χ3n) is 5.92. The number of fused-ring (bicyclic) bond motifs is 3. The molecule has 0 N–H and O–H groups in total. The number of nitrogens with zero attached hydrogens (tertiary/aromatic N) is 1. The van der Waals surface area contributed by atoms with Gasteiger partial charge in [-0.3, -0.25) is 0 Å². The minimum atomic E-state index is -3.58. The second-order valence-corrected chi connectivity index (χ2v) is 11.7. The predicted molar refractivity (Wildman–Crippen MR) is 118 cm³/mol. The SMILES string of the molecule is COc1ccccc1[C@H]1c2sc3c(c2CCN1S(=O)(=O)c1cccs1)CCCC3. The Bertz CT molecular complexity index is 1130. The van der Waals surface area contributed by atoms with Gasteiger partial charge in [0.05, 0.1) is 13.2 Å². The van der Waals surface area contributed by atoms with Crippen LogP contribution >= 0.6 is 22.7 Å². The molecule has 0 fully saturated rings. The number of para-hydroxylation sites is 1. The molecule has 3 aromatic rings. The molecule has 3 heterocycles. The topological polar surface area (TPSA) is 46.6 Å². The van der Waals surface area contributed by atoms with Crippen LogP contribution in [0.25, 0.3) is 0 Å². The molecule has 0 saturated heterocycles. The maximum Gasteiger partial charge on any atom is 0.253 e. The van der Waals surface area contributed by atoms with E-state index in [2.05, 4.69) is 0 Å². The highest BCUT2D eigenvalue weighted by molar-refractivity contribution is 7.91. The summed E-state index contributed by atoms with van der Waals surface area (Å²) in [6.07, 6.45) is 5.48. The lowest BCUT2D eigenvalue weighted by Gasteiger charge is -2.35. The largest absolute Gasteiger partial charge is 0.496 e. The fourth-order valence-electron chi connectivity index (χ4n) is 4.60. The Morgan fingerprint density at radius 3 is 2.66 bits per heavy atom. The summed E-state index contributed by atoms with van der Waals surface area (Å²) in [4.78, 5) is 2.64. The van der Waals surface area contributed by atoms with Crippen LogP contribution in [0.1, 0.15) is 45.3 Å². The van der Waals surface area contributed by atoms with Crippen molar-refractivity contribution in [2.45, 2.75) is 42.4 Å². The van der Waals surface area contributed by atoms with Crippen molar-refractivity contribution in [1.29, 1.82) is 0 Å². The lowest BCUT2D eigenvalue weighted by molar-refractivity contribution is 0.335. The first kappa shape index (κ1) is 19.3. The van der Waals surface area contributed by atoms with Crippen LogP contribution in [0.2, 0.25) is 0 Å². The normalized spacial score (nSPS) is 19.6. The van der Waals surface area contributed by atoms with Crippen molar-refractivity contribution in [3.8, 4) is 5.75 Å². The Balaban J connectivity index is 1.71. The summed E-state index contributed by atoms with van der Waals surface area (Å²) in [5.74, 6) is 0.739. The molecule has 5 rings (SSSR count). The summed E-state index contributed by atoms with van der Waals surface area (Å²) in [7, 11) is -1.93. The molecule has 1 aliphatic carbocycles. The van der Waals surface area contributed by atoms with Crippen LogP contribution in [0.5, 0.6) is 5.75 Å². The quantitative estimate of drug-likeness (QED) is 0.566. The molecule has 1 atom stereocenters. The van der Waals surface area contributed by atoms with Crippen LogP contribution in [0.3, 0.4) is 0 Å². The molecule has 2 aliphatic rings. The molecule has 29 heavy (non-hydrogen) atoms. The molecule has 1 aromatic carbocycles. The number of methoxy groups -OCH3 is 1. The van der Waals surface area contributed by atoms with Crippen LogP contribution in [0.15, 0.2) is 46.0 Å². The molecule has 0 radical (unpaired) electrons. The third-order valence-corrected chi connectivity index (χ3v) is 10.5. The summed E-state index contributed by atoms with van der Waals surface area (Å²) >= 11 is 3.10. The number of hydrogen-bond acceptors (Lipinski definition) is 5. The zero-order valence-electron chi connectivity index (χ0n) is 16.3. The number of thiophene rings is 2. The number of hydrogen-bond donors (Lipinski definition) is 0. The monoisotopic (exact) mass is 445 g/mol. The summed E-state index contributed by atoms with van der Waals surface area (Å²) in [5.41, 5.74) is 3.80. The van der Waals surface area contributed by atoms with Gasteiger partial charge in [-0.05, 0) is 60.7 Å². The second kappa shape index (κ2) is 7.54. The molecular formula is C22H23NO3S3. The van der Waals surface area contributed by atoms with Crippen molar-refractivity contribution in [3.05, 3.63) is 68.2 Å². The average molecular weight is 446 g/mol. The van der Waals surface area contributed by atoms with E-state index in [0.29, 0.717) is 10.8 Å². The summed E-state index contributed by atoms with van der Waals surface area (Å²) in [5, 5.41) is 1.82. The van der Waals surface area contributed by atoms with E-state index < -0.39 is 10.0 Å². The lowest BCUT2D eigenvalue weighted by atomic mass is 9.89. The molecule has 0 bridgehead atoms. The molecule has 0 amide bonds. The molecule has 7 heteroatoms. The van der Waals surface area contributed by atoms with Gasteiger partial charge in [-0.15, -0.1) is 22.7 Å². The molecule has 2 aromatic heterocycles. The molecule has 0 spiro atoms. The van der Waals surface area contributed by atoms with E-state index in [1.165, 1.54) is 45.1 Å². The minimum Gasteiger partial charge on any atom is -0.496 e. The fraction of sp³-hybridized carbons (Fsp3) is 0.364. The van der Waals surface area contributed by atoms with E-state index in [1.54, 1.807) is 23.5 Å². The second-order valence-electron chi connectivity index (χ2n) is 7.50. The molecule has 152 valence electrons. The average Bonchev–Trinajstić information content (AvgIpc) is 3.41. The zero-order valence-corrected chi connectivity index (χ0v) is 18.7. The van der Waals surface area contributed by atoms with Crippen molar-refractivity contribution in [1.82, 2.24) is 4.31 Å². The first-order chi connectivity index (χ1) is 14.1. The number of ether oxygens (including phenoxy) is 1. The Kier molecular flexibility index (Phi) is 5.02. The van der Waals surface area contributed by atoms with Crippen molar-refractivity contribution < 1.29 is 13.2 Å². The molecule has 1 aliphatic heterocycles. The van der Waals surface area contributed by atoms with Gasteiger partial charge in [0.2, 0.25) is 0 Å². The molecule has 0 saturated carbocycles. The molecule has 0 unspecified atom stereocenters. The van der Waals surface area contributed by atoms with Gasteiger partial charge < -0.3 is 4.74 Å².